The second kappa shape index (κ2) is 8.38. The van der Waals surface area contributed by atoms with Gasteiger partial charge in [0.2, 0.25) is 5.91 Å². The number of aryl methyl sites for hydroxylation is 1. The van der Waals surface area contributed by atoms with E-state index in [9.17, 15) is 4.79 Å². The Morgan fingerprint density at radius 2 is 2.16 bits per heavy atom. The van der Waals surface area contributed by atoms with Crippen LogP contribution >= 0.6 is 11.3 Å². The molecular weight excluding hydrogens is 334 g/mol. The lowest BCUT2D eigenvalue weighted by atomic mass is 10.2. The molecule has 25 heavy (non-hydrogen) atoms. The van der Waals surface area contributed by atoms with Gasteiger partial charge in [-0.2, -0.15) is 0 Å². The van der Waals surface area contributed by atoms with Crippen LogP contribution in [0.1, 0.15) is 21.7 Å². The van der Waals surface area contributed by atoms with Crippen molar-refractivity contribution in [2.24, 2.45) is 0 Å². The number of hydrogen-bond acceptors (Lipinski definition) is 5. The average Bonchev–Trinajstić information content (AvgIpc) is 3.10. The first-order chi connectivity index (χ1) is 12.2. The van der Waals surface area contributed by atoms with E-state index in [-0.39, 0.29) is 12.5 Å². The number of nitrogens with zero attached hydrogens (tertiary/aromatic N) is 3. The summed E-state index contributed by atoms with van der Waals surface area (Å²) in [6.45, 7) is 6.16. The molecule has 0 spiro atoms. The van der Waals surface area contributed by atoms with Crippen LogP contribution in [0.5, 0.6) is 0 Å². The van der Waals surface area contributed by atoms with Crippen LogP contribution in [-0.2, 0) is 17.9 Å². The van der Waals surface area contributed by atoms with E-state index in [1.807, 2.05) is 34.7 Å². The summed E-state index contributed by atoms with van der Waals surface area (Å²) in [5.41, 5.74) is 3.21. The van der Waals surface area contributed by atoms with Gasteiger partial charge in [0.15, 0.2) is 0 Å². The Kier molecular flexibility index (Phi) is 5.96. The molecule has 1 aliphatic rings. The first-order valence-corrected chi connectivity index (χ1v) is 9.32. The molecule has 1 fully saturated rings. The lowest BCUT2D eigenvalue weighted by Gasteiger charge is -2.34. The summed E-state index contributed by atoms with van der Waals surface area (Å²) in [6.07, 6.45) is 5.29. The number of amides is 1. The fraction of sp³-hybridized carbons (Fsp3) is 0.368. The monoisotopic (exact) mass is 357 g/mol. The van der Waals surface area contributed by atoms with Crippen LogP contribution in [0.4, 0.5) is 0 Å². The summed E-state index contributed by atoms with van der Waals surface area (Å²) in [5.74, 6) is 0.0487. The van der Waals surface area contributed by atoms with Crippen molar-refractivity contribution < 1.29 is 9.90 Å². The zero-order chi connectivity index (χ0) is 17.6. The minimum absolute atomic E-state index is 0.0377. The highest BCUT2D eigenvalue weighted by Gasteiger charge is 2.20. The molecule has 1 N–H and O–H groups in total. The van der Waals surface area contributed by atoms with Gasteiger partial charge in [-0.25, -0.2) is 0 Å². The van der Waals surface area contributed by atoms with Crippen LogP contribution in [0.3, 0.4) is 0 Å². The summed E-state index contributed by atoms with van der Waals surface area (Å²) in [5, 5.41) is 11.0. The van der Waals surface area contributed by atoms with Crippen molar-refractivity contribution in [3.05, 3.63) is 57.6 Å². The largest absolute Gasteiger partial charge is 0.392 e. The van der Waals surface area contributed by atoms with Crippen LogP contribution in [-0.4, -0.2) is 52.0 Å². The number of pyridine rings is 1. The van der Waals surface area contributed by atoms with E-state index in [0.717, 1.165) is 48.9 Å². The molecule has 0 radical (unpaired) electrons. The maximum Gasteiger partial charge on any atom is 0.246 e. The third-order valence-electron chi connectivity index (χ3n) is 4.42. The number of carbonyl (C=O) groups is 1. The van der Waals surface area contributed by atoms with Crippen molar-refractivity contribution in [3.8, 4) is 0 Å². The molecule has 0 atom stereocenters. The van der Waals surface area contributed by atoms with Gasteiger partial charge >= 0.3 is 0 Å². The first-order valence-electron chi connectivity index (χ1n) is 8.44. The zero-order valence-corrected chi connectivity index (χ0v) is 15.2. The minimum Gasteiger partial charge on any atom is -0.392 e. The Labute approximate surface area is 152 Å². The van der Waals surface area contributed by atoms with Crippen LogP contribution in [0, 0.1) is 6.92 Å². The molecule has 3 rings (SSSR count). The molecule has 1 saturated heterocycles. The SMILES string of the molecule is Cc1cccnc1CN1CCN(C(=O)/C=C/c2cc(CO)cs2)CC1. The molecule has 2 aromatic heterocycles. The van der Waals surface area contributed by atoms with Gasteiger partial charge < -0.3 is 10.0 Å². The number of hydrogen-bond donors (Lipinski definition) is 1. The molecular formula is C19H23N3O2S. The van der Waals surface area contributed by atoms with Crippen LogP contribution in [0.15, 0.2) is 35.9 Å². The van der Waals surface area contributed by atoms with Crippen molar-refractivity contribution in [1.29, 1.82) is 0 Å². The molecule has 2 aromatic rings. The smallest absolute Gasteiger partial charge is 0.246 e. The second-order valence-electron chi connectivity index (χ2n) is 6.22. The maximum absolute atomic E-state index is 12.3. The third kappa shape index (κ3) is 4.75. The lowest BCUT2D eigenvalue weighted by molar-refractivity contribution is -0.127. The van der Waals surface area contributed by atoms with E-state index in [1.165, 1.54) is 16.9 Å². The standard InChI is InChI=1S/C19H23N3O2S/c1-15-3-2-6-20-18(15)12-21-7-9-22(10-8-21)19(24)5-4-17-11-16(13-23)14-25-17/h2-6,11,14,23H,7-10,12-13H2,1H3/b5-4+. The van der Waals surface area contributed by atoms with E-state index in [0.29, 0.717) is 0 Å². The molecule has 0 saturated carbocycles. The highest BCUT2D eigenvalue weighted by Crippen LogP contribution is 2.16. The third-order valence-corrected chi connectivity index (χ3v) is 5.37. The normalized spacial score (nSPS) is 15.8. The van der Waals surface area contributed by atoms with Crippen molar-refractivity contribution in [2.45, 2.75) is 20.1 Å². The lowest BCUT2D eigenvalue weighted by Crippen LogP contribution is -2.47. The van der Waals surface area contributed by atoms with Crippen LogP contribution < -0.4 is 0 Å². The van der Waals surface area contributed by atoms with Gasteiger partial charge in [-0.05, 0) is 41.6 Å². The summed E-state index contributed by atoms with van der Waals surface area (Å²) in [7, 11) is 0. The number of aliphatic hydroxyl groups excluding tert-OH is 1. The predicted octanol–water partition coefficient (Wildman–Crippen LogP) is 2.30. The summed E-state index contributed by atoms with van der Waals surface area (Å²) in [4.78, 5) is 22.0. The van der Waals surface area contributed by atoms with Crippen LogP contribution in [0.2, 0.25) is 0 Å². The first kappa shape index (κ1) is 17.8. The van der Waals surface area contributed by atoms with Gasteiger partial charge in [-0.15, -0.1) is 11.3 Å². The Morgan fingerprint density at radius 1 is 1.36 bits per heavy atom. The Balaban J connectivity index is 1.50. The Hall–Kier alpha value is -2.02. The quantitative estimate of drug-likeness (QED) is 0.835. The molecule has 0 bridgehead atoms. The van der Waals surface area contributed by atoms with E-state index < -0.39 is 0 Å². The molecule has 0 aromatic carbocycles. The van der Waals surface area contributed by atoms with Crippen molar-refractivity contribution in [3.63, 3.8) is 0 Å². The van der Waals surface area contributed by atoms with E-state index in [4.69, 9.17) is 5.11 Å². The molecule has 1 amide bonds. The van der Waals surface area contributed by atoms with Gasteiger partial charge in [-0.1, -0.05) is 6.07 Å². The van der Waals surface area contributed by atoms with Gasteiger partial charge in [0, 0.05) is 49.9 Å². The summed E-state index contributed by atoms with van der Waals surface area (Å²) >= 11 is 1.53. The van der Waals surface area contributed by atoms with Crippen molar-refractivity contribution in [2.75, 3.05) is 26.2 Å². The van der Waals surface area contributed by atoms with E-state index in [2.05, 4.69) is 22.9 Å². The molecule has 3 heterocycles. The number of carbonyl (C=O) groups excluding carboxylic acids is 1. The number of thiophene rings is 1. The second-order valence-corrected chi connectivity index (χ2v) is 7.16. The number of aliphatic hydroxyl groups is 1. The topological polar surface area (TPSA) is 56.7 Å². The summed E-state index contributed by atoms with van der Waals surface area (Å²) < 4.78 is 0. The Bertz CT molecular complexity index is 749. The van der Waals surface area contributed by atoms with Gasteiger partial charge in [0.1, 0.15) is 0 Å². The predicted molar refractivity (Wildman–Crippen MR) is 100 cm³/mol. The highest BCUT2D eigenvalue weighted by atomic mass is 32.1. The molecule has 0 unspecified atom stereocenters. The van der Waals surface area contributed by atoms with Gasteiger partial charge in [0.25, 0.3) is 0 Å². The number of aromatic nitrogens is 1. The maximum atomic E-state index is 12.3. The molecule has 132 valence electrons. The van der Waals surface area contributed by atoms with Gasteiger partial charge in [-0.3, -0.25) is 14.7 Å². The molecule has 5 nitrogen and oxygen atoms in total. The van der Waals surface area contributed by atoms with Gasteiger partial charge in [0.05, 0.1) is 12.3 Å². The zero-order valence-electron chi connectivity index (χ0n) is 14.4. The highest BCUT2D eigenvalue weighted by molar-refractivity contribution is 7.11. The van der Waals surface area contributed by atoms with Crippen LogP contribution in [0.25, 0.3) is 6.08 Å². The molecule has 6 heteroatoms. The minimum atomic E-state index is 0.0377. The number of rotatable bonds is 5. The fourth-order valence-corrected chi connectivity index (χ4v) is 3.64. The van der Waals surface area contributed by atoms with Crippen molar-refractivity contribution >= 4 is 23.3 Å². The Morgan fingerprint density at radius 3 is 2.84 bits per heavy atom. The van der Waals surface area contributed by atoms with E-state index >= 15 is 0 Å². The average molecular weight is 357 g/mol. The van der Waals surface area contributed by atoms with Crippen molar-refractivity contribution in [1.82, 2.24) is 14.8 Å². The van der Waals surface area contributed by atoms with E-state index in [1.54, 1.807) is 6.08 Å². The molecule has 1 aliphatic heterocycles. The molecule has 0 aliphatic carbocycles. The number of piperazine rings is 1. The summed E-state index contributed by atoms with van der Waals surface area (Å²) in [6, 6.07) is 5.94. The fourth-order valence-electron chi connectivity index (χ4n) is 2.85.